The largest absolute Gasteiger partial charge is 0.332 e. The minimum absolute atomic E-state index is 0.108. The number of para-hydroxylation sites is 1. The van der Waals surface area contributed by atoms with E-state index in [-0.39, 0.29) is 15.9 Å². The fourth-order valence-electron chi connectivity index (χ4n) is 2.61. The minimum Gasteiger partial charge on any atom is -0.332 e. The first-order valence-corrected chi connectivity index (χ1v) is 11.5. The van der Waals surface area contributed by atoms with Crippen molar-refractivity contribution in [2.24, 2.45) is 0 Å². The monoisotopic (exact) mass is 503 g/mol. The molecule has 30 heavy (non-hydrogen) atoms. The number of hydrogen-bond acceptors (Lipinski definition) is 4. The van der Waals surface area contributed by atoms with Gasteiger partial charge in [0.2, 0.25) is 0 Å². The van der Waals surface area contributed by atoms with Crippen molar-refractivity contribution in [3.63, 3.8) is 0 Å². The highest BCUT2D eigenvalue weighted by molar-refractivity contribution is 9.10. The standard InChI is InChI=1S/C21H18BrN3O3S2/c1-14-7-8-15(22)13-19(14)20(26)24-21(29)23-16-9-11-18(12-10-16)30(27,28)25-17-5-3-2-4-6-17/h2-13,25H,1H3,(H2,23,24,26,29). The first kappa shape index (κ1) is 21.9. The number of nitrogens with one attached hydrogen (secondary N) is 3. The normalized spacial score (nSPS) is 10.9. The van der Waals surface area contributed by atoms with Crippen LogP contribution in [-0.2, 0) is 10.0 Å². The summed E-state index contributed by atoms with van der Waals surface area (Å²) >= 11 is 8.54. The Kier molecular flexibility index (Phi) is 6.86. The van der Waals surface area contributed by atoms with Crippen molar-refractivity contribution in [2.45, 2.75) is 11.8 Å². The minimum atomic E-state index is -3.71. The molecule has 154 valence electrons. The van der Waals surface area contributed by atoms with E-state index in [1.807, 2.05) is 19.1 Å². The third kappa shape index (κ3) is 5.65. The summed E-state index contributed by atoms with van der Waals surface area (Å²) in [5.74, 6) is -0.336. The molecule has 3 aromatic rings. The molecule has 0 aliphatic rings. The Morgan fingerprint density at radius 2 is 1.60 bits per heavy atom. The molecular formula is C21H18BrN3O3S2. The van der Waals surface area contributed by atoms with Gasteiger partial charge >= 0.3 is 0 Å². The maximum absolute atomic E-state index is 12.5. The summed E-state index contributed by atoms with van der Waals surface area (Å²) in [6.07, 6.45) is 0. The quantitative estimate of drug-likeness (QED) is 0.439. The van der Waals surface area contributed by atoms with Crippen molar-refractivity contribution < 1.29 is 13.2 Å². The summed E-state index contributed by atoms with van der Waals surface area (Å²) in [7, 11) is -3.71. The van der Waals surface area contributed by atoms with E-state index in [1.54, 1.807) is 48.5 Å². The van der Waals surface area contributed by atoms with E-state index >= 15 is 0 Å². The van der Waals surface area contributed by atoms with E-state index < -0.39 is 10.0 Å². The lowest BCUT2D eigenvalue weighted by atomic mass is 10.1. The fraction of sp³-hybridized carbons (Fsp3) is 0.0476. The topological polar surface area (TPSA) is 87.3 Å². The summed E-state index contributed by atoms with van der Waals surface area (Å²) < 4.78 is 28.3. The Hall–Kier alpha value is -2.75. The molecule has 0 fully saturated rings. The highest BCUT2D eigenvalue weighted by Gasteiger charge is 2.15. The smallest absolute Gasteiger partial charge is 0.261 e. The van der Waals surface area contributed by atoms with Gasteiger partial charge in [-0.15, -0.1) is 0 Å². The van der Waals surface area contributed by atoms with Crippen LogP contribution in [-0.4, -0.2) is 19.4 Å². The molecule has 9 heteroatoms. The average Bonchev–Trinajstić information content (AvgIpc) is 2.70. The summed E-state index contributed by atoms with van der Waals surface area (Å²) in [4.78, 5) is 12.5. The molecule has 0 aromatic heterocycles. The molecule has 0 radical (unpaired) electrons. The number of amides is 1. The lowest BCUT2D eigenvalue weighted by molar-refractivity contribution is 0.0977. The molecule has 0 bridgehead atoms. The van der Waals surface area contributed by atoms with Gasteiger partial charge in [-0.25, -0.2) is 8.42 Å². The zero-order valence-corrected chi connectivity index (χ0v) is 19.1. The number of sulfonamides is 1. The van der Waals surface area contributed by atoms with Crippen LogP contribution in [0.3, 0.4) is 0 Å². The number of halogens is 1. The number of anilines is 2. The van der Waals surface area contributed by atoms with E-state index in [2.05, 4.69) is 31.3 Å². The number of rotatable bonds is 5. The van der Waals surface area contributed by atoms with Crippen molar-refractivity contribution in [3.05, 3.63) is 88.4 Å². The average molecular weight is 504 g/mol. The van der Waals surface area contributed by atoms with Gasteiger partial charge in [-0.1, -0.05) is 40.2 Å². The first-order chi connectivity index (χ1) is 14.2. The predicted molar refractivity (Wildman–Crippen MR) is 126 cm³/mol. The summed E-state index contributed by atoms with van der Waals surface area (Å²) in [5, 5.41) is 5.61. The van der Waals surface area contributed by atoms with Gasteiger partial charge in [-0.05, 0) is 73.2 Å². The number of thiocarbonyl (C=S) groups is 1. The van der Waals surface area contributed by atoms with Gasteiger partial charge in [0.1, 0.15) is 0 Å². The van der Waals surface area contributed by atoms with Crippen molar-refractivity contribution in [3.8, 4) is 0 Å². The summed E-state index contributed by atoms with van der Waals surface area (Å²) in [6, 6.07) is 20.1. The molecule has 0 heterocycles. The van der Waals surface area contributed by atoms with Crippen molar-refractivity contribution in [2.75, 3.05) is 10.0 Å². The summed E-state index contributed by atoms with van der Waals surface area (Å²) in [6.45, 7) is 1.83. The molecule has 1 amide bonds. The highest BCUT2D eigenvalue weighted by atomic mass is 79.9. The molecular weight excluding hydrogens is 486 g/mol. The van der Waals surface area contributed by atoms with E-state index in [4.69, 9.17) is 12.2 Å². The van der Waals surface area contributed by atoms with Crippen LogP contribution < -0.4 is 15.4 Å². The predicted octanol–water partition coefficient (Wildman–Crippen LogP) is 4.69. The van der Waals surface area contributed by atoms with Crippen LogP contribution >= 0.6 is 28.1 Å². The second-order valence-electron chi connectivity index (χ2n) is 6.36. The third-order valence-electron chi connectivity index (χ3n) is 4.12. The van der Waals surface area contributed by atoms with E-state index in [0.717, 1.165) is 10.0 Å². The van der Waals surface area contributed by atoms with Crippen LogP contribution in [0.1, 0.15) is 15.9 Å². The maximum Gasteiger partial charge on any atom is 0.261 e. The van der Waals surface area contributed by atoms with E-state index in [9.17, 15) is 13.2 Å². The fourth-order valence-corrected chi connectivity index (χ4v) is 4.24. The highest BCUT2D eigenvalue weighted by Crippen LogP contribution is 2.19. The number of carbonyl (C=O) groups is 1. The van der Waals surface area contributed by atoms with Gasteiger partial charge in [-0.2, -0.15) is 0 Å². The molecule has 0 saturated heterocycles. The number of aryl methyl sites for hydroxylation is 1. The maximum atomic E-state index is 12.5. The molecule has 3 rings (SSSR count). The van der Waals surface area contributed by atoms with Gasteiger partial charge in [-0.3, -0.25) is 14.8 Å². The number of benzene rings is 3. The SMILES string of the molecule is Cc1ccc(Br)cc1C(=O)NC(=S)Nc1ccc(S(=O)(=O)Nc2ccccc2)cc1. The molecule has 6 nitrogen and oxygen atoms in total. The molecule has 3 N–H and O–H groups in total. The second-order valence-corrected chi connectivity index (χ2v) is 9.37. The Balaban J connectivity index is 1.64. The Bertz CT molecular complexity index is 1180. The van der Waals surface area contributed by atoms with E-state index in [0.29, 0.717) is 16.9 Å². The number of hydrogen-bond donors (Lipinski definition) is 3. The van der Waals surface area contributed by atoms with Gasteiger partial charge in [0.15, 0.2) is 5.11 Å². The number of carbonyl (C=O) groups excluding carboxylic acids is 1. The van der Waals surface area contributed by atoms with Crippen LogP contribution in [0.4, 0.5) is 11.4 Å². The third-order valence-corrected chi connectivity index (χ3v) is 6.21. The Labute approximate surface area is 188 Å². The first-order valence-electron chi connectivity index (χ1n) is 8.81. The van der Waals surface area contributed by atoms with Gasteiger partial charge < -0.3 is 5.32 Å². The van der Waals surface area contributed by atoms with Crippen LogP contribution in [0, 0.1) is 6.92 Å². The van der Waals surface area contributed by atoms with Gasteiger partial charge in [0.05, 0.1) is 4.90 Å². The Morgan fingerprint density at radius 3 is 2.27 bits per heavy atom. The van der Waals surface area contributed by atoms with Crippen molar-refractivity contribution in [1.29, 1.82) is 0 Å². The molecule has 0 aliphatic carbocycles. The van der Waals surface area contributed by atoms with Crippen molar-refractivity contribution >= 4 is 60.6 Å². The van der Waals surface area contributed by atoms with E-state index in [1.165, 1.54) is 12.1 Å². The zero-order valence-electron chi connectivity index (χ0n) is 15.8. The summed E-state index contributed by atoms with van der Waals surface area (Å²) in [5.41, 5.74) is 2.34. The van der Waals surface area contributed by atoms with Crippen LogP contribution in [0.2, 0.25) is 0 Å². The lowest BCUT2D eigenvalue weighted by Crippen LogP contribution is -2.34. The van der Waals surface area contributed by atoms with Gasteiger partial charge in [0, 0.05) is 21.4 Å². The van der Waals surface area contributed by atoms with Crippen LogP contribution in [0.25, 0.3) is 0 Å². The second kappa shape index (κ2) is 9.38. The molecule has 0 aliphatic heterocycles. The molecule has 0 atom stereocenters. The molecule has 0 saturated carbocycles. The van der Waals surface area contributed by atoms with Crippen LogP contribution in [0.5, 0.6) is 0 Å². The van der Waals surface area contributed by atoms with Crippen LogP contribution in [0.15, 0.2) is 82.2 Å². The zero-order chi connectivity index (χ0) is 21.7. The molecule has 0 spiro atoms. The van der Waals surface area contributed by atoms with Gasteiger partial charge in [0.25, 0.3) is 15.9 Å². The van der Waals surface area contributed by atoms with Crippen molar-refractivity contribution in [1.82, 2.24) is 5.32 Å². The molecule has 3 aromatic carbocycles. The molecule has 0 unspecified atom stereocenters. The lowest BCUT2D eigenvalue weighted by Gasteiger charge is -2.12. The Morgan fingerprint density at radius 1 is 0.933 bits per heavy atom.